The van der Waals surface area contributed by atoms with Crippen molar-refractivity contribution in [1.29, 1.82) is 0 Å². The fraction of sp³-hybridized carbons (Fsp3) is 0.407. The molecular formula is C27H28N2O3. The van der Waals surface area contributed by atoms with Crippen LogP contribution in [0.1, 0.15) is 45.4 Å². The third-order valence-corrected chi connectivity index (χ3v) is 7.12. The molecule has 164 valence electrons. The first-order valence-corrected chi connectivity index (χ1v) is 11.5. The van der Waals surface area contributed by atoms with Crippen molar-refractivity contribution in [2.24, 2.45) is 5.41 Å². The van der Waals surface area contributed by atoms with Gasteiger partial charge in [-0.3, -0.25) is 9.59 Å². The van der Waals surface area contributed by atoms with E-state index in [0.717, 1.165) is 44.2 Å². The van der Waals surface area contributed by atoms with Gasteiger partial charge in [0.1, 0.15) is 11.9 Å². The van der Waals surface area contributed by atoms with Gasteiger partial charge in [-0.2, -0.15) is 0 Å². The third-order valence-electron chi connectivity index (χ3n) is 7.12. The number of rotatable bonds is 5. The molecule has 0 aromatic carbocycles. The first-order chi connectivity index (χ1) is 15.5. The summed E-state index contributed by atoms with van der Waals surface area (Å²) in [5.41, 5.74) is 6.10. The molecule has 0 fully saturated rings. The van der Waals surface area contributed by atoms with E-state index in [1.165, 1.54) is 22.5 Å². The van der Waals surface area contributed by atoms with Crippen molar-refractivity contribution in [2.45, 2.75) is 51.6 Å². The van der Waals surface area contributed by atoms with Gasteiger partial charge in [0.2, 0.25) is 5.91 Å². The second-order valence-corrected chi connectivity index (χ2v) is 9.16. The highest BCUT2D eigenvalue weighted by atomic mass is 16.5. The number of fused-ring (bicyclic) bond motifs is 4. The van der Waals surface area contributed by atoms with Gasteiger partial charge < -0.3 is 15.0 Å². The van der Waals surface area contributed by atoms with E-state index in [-0.39, 0.29) is 29.8 Å². The molecule has 32 heavy (non-hydrogen) atoms. The van der Waals surface area contributed by atoms with Crippen LogP contribution in [0, 0.1) is 17.8 Å². The molecule has 0 bridgehead atoms. The quantitative estimate of drug-likeness (QED) is 0.676. The van der Waals surface area contributed by atoms with Gasteiger partial charge in [0, 0.05) is 53.4 Å². The Kier molecular flexibility index (Phi) is 5.17. The van der Waals surface area contributed by atoms with E-state index in [2.05, 4.69) is 41.3 Å². The molecule has 2 unspecified atom stereocenters. The standard InChI is InChI=1S/C27H28N2O3/c1-3-14-28-25(31)9-6-13-27(2)21-7-4-5-8-22(21)29-15-12-23-20(26(27)29)16-18-10-11-19(30)17-24(18)32-23/h1,4,7,10-11,16-17,23H,5-6,8-9,12-15H2,2H3,(H,28,31). The lowest BCUT2D eigenvalue weighted by atomic mass is 9.72. The highest BCUT2D eigenvalue weighted by Crippen LogP contribution is 2.57. The van der Waals surface area contributed by atoms with Crippen LogP contribution in [0.4, 0.5) is 0 Å². The van der Waals surface area contributed by atoms with Crippen LogP contribution < -0.4 is 5.32 Å². The van der Waals surface area contributed by atoms with Crippen molar-refractivity contribution >= 4 is 11.7 Å². The third kappa shape index (κ3) is 3.35. The fourth-order valence-electron chi connectivity index (χ4n) is 5.70. The zero-order valence-corrected chi connectivity index (χ0v) is 18.4. The molecule has 5 nitrogen and oxygen atoms in total. The van der Waals surface area contributed by atoms with E-state index < -0.39 is 0 Å². The zero-order valence-electron chi connectivity index (χ0n) is 18.4. The average Bonchev–Trinajstić information content (AvgIpc) is 3.05. The molecule has 0 aromatic rings. The molecule has 5 rings (SSSR count). The largest absolute Gasteiger partial charge is 0.485 e. The monoisotopic (exact) mass is 428 g/mol. The summed E-state index contributed by atoms with van der Waals surface area (Å²) >= 11 is 0. The molecule has 3 aliphatic heterocycles. The molecule has 3 heterocycles. The van der Waals surface area contributed by atoms with Crippen LogP contribution in [-0.4, -0.2) is 35.8 Å². The zero-order chi connectivity index (χ0) is 22.3. The van der Waals surface area contributed by atoms with Crippen LogP contribution in [0.15, 0.2) is 70.3 Å². The molecule has 0 saturated heterocycles. The Bertz CT molecular complexity index is 1110. The molecule has 5 heteroatoms. The molecule has 0 aromatic heterocycles. The van der Waals surface area contributed by atoms with Gasteiger partial charge in [0.05, 0.1) is 6.54 Å². The molecule has 5 aliphatic rings. The number of hydrogen-bond donors (Lipinski definition) is 1. The first kappa shape index (κ1) is 20.6. The highest BCUT2D eigenvalue weighted by Gasteiger charge is 2.49. The Morgan fingerprint density at radius 2 is 2.22 bits per heavy atom. The molecule has 1 N–H and O–H groups in total. The summed E-state index contributed by atoms with van der Waals surface area (Å²) in [7, 11) is 0. The van der Waals surface area contributed by atoms with Crippen molar-refractivity contribution < 1.29 is 14.3 Å². The number of carbonyl (C=O) groups excluding carboxylic acids is 2. The maximum absolute atomic E-state index is 12.1. The summed E-state index contributed by atoms with van der Waals surface area (Å²) in [6.45, 7) is 3.50. The van der Waals surface area contributed by atoms with Gasteiger partial charge in [-0.1, -0.05) is 18.1 Å². The topological polar surface area (TPSA) is 58.6 Å². The van der Waals surface area contributed by atoms with Gasteiger partial charge >= 0.3 is 0 Å². The summed E-state index contributed by atoms with van der Waals surface area (Å²) in [5, 5.41) is 2.77. The highest BCUT2D eigenvalue weighted by molar-refractivity contribution is 6.02. The number of carbonyl (C=O) groups is 2. The lowest BCUT2D eigenvalue weighted by molar-refractivity contribution is -0.121. The first-order valence-electron chi connectivity index (χ1n) is 11.5. The number of amides is 1. The molecule has 2 aliphatic carbocycles. The van der Waals surface area contributed by atoms with Crippen LogP contribution in [-0.2, 0) is 14.3 Å². The minimum absolute atomic E-state index is 0.00359. The maximum atomic E-state index is 12.1. The smallest absolute Gasteiger partial charge is 0.220 e. The Hall–Kier alpha value is -3.26. The molecular weight excluding hydrogens is 400 g/mol. The van der Waals surface area contributed by atoms with E-state index in [0.29, 0.717) is 12.2 Å². The number of nitrogens with zero attached hydrogens (tertiary/aromatic N) is 1. The van der Waals surface area contributed by atoms with Crippen LogP contribution in [0.5, 0.6) is 0 Å². The summed E-state index contributed by atoms with van der Waals surface area (Å²) in [6.07, 6.45) is 22.1. The summed E-state index contributed by atoms with van der Waals surface area (Å²) < 4.78 is 6.32. The van der Waals surface area contributed by atoms with E-state index in [9.17, 15) is 9.59 Å². The van der Waals surface area contributed by atoms with Gasteiger partial charge in [-0.25, -0.2) is 0 Å². The second kappa shape index (κ2) is 8.02. The summed E-state index contributed by atoms with van der Waals surface area (Å²) in [5.74, 6) is 3.12. The van der Waals surface area contributed by atoms with Crippen molar-refractivity contribution in [3.8, 4) is 12.3 Å². The lowest BCUT2D eigenvalue weighted by Gasteiger charge is -2.42. The fourth-order valence-corrected chi connectivity index (χ4v) is 5.70. The van der Waals surface area contributed by atoms with E-state index in [1.807, 2.05) is 6.08 Å². The molecule has 0 saturated carbocycles. The van der Waals surface area contributed by atoms with Gasteiger partial charge in [-0.15, -0.1) is 6.42 Å². The normalized spacial score (nSPS) is 27.6. The predicted octanol–water partition coefficient (Wildman–Crippen LogP) is 3.84. The molecule has 0 radical (unpaired) electrons. The van der Waals surface area contributed by atoms with Crippen molar-refractivity contribution in [3.63, 3.8) is 0 Å². The maximum Gasteiger partial charge on any atom is 0.220 e. The van der Waals surface area contributed by atoms with Crippen LogP contribution in [0.25, 0.3) is 0 Å². The second-order valence-electron chi connectivity index (χ2n) is 9.16. The summed E-state index contributed by atoms with van der Waals surface area (Å²) in [6, 6.07) is 0. The Morgan fingerprint density at radius 3 is 3.06 bits per heavy atom. The minimum atomic E-state index is -0.178. The number of hydrogen-bond acceptors (Lipinski definition) is 4. The molecule has 1 amide bonds. The van der Waals surface area contributed by atoms with Gasteiger partial charge in [0.25, 0.3) is 0 Å². The van der Waals surface area contributed by atoms with E-state index >= 15 is 0 Å². The van der Waals surface area contributed by atoms with Crippen LogP contribution in [0.3, 0.4) is 0 Å². The minimum Gasteiger partial charge on any atom is -0.485 e. The van der Waals surface area contributed by atoms with E-state index in [4.69, 9.17) is 11.2 Å². The number of nitrogens with one attached hydrogen (secondary N) is 1. The average molecular weight is 429 g/mol. The SMILES string of the molecule is C#CCNC(=O)CCCC1(C)C2=C(CCC=C2)N2CCC3OC4=CC(=O)C=CC4=CC3=C21. The van der Waals surface area contributed by atoms with Crippen LogP contribution >= 0.6 is 0 Å². The number of terminal acetylenes is 1. The molecule has 0 spiro atoms. The molecule has 2 atom stereocenters. The summed E-state index contributed by atoms with van der Waals surface area (Å²) in [4.78, 5) is 26.5. The number of allylic oxidation sites excluding steroid dienone is 7. The van der Waals surface area contributed by atoms with Crippen molar-refractivity contribution in [1.82, 2.24) is 10.2 Å². The van der Waals surface area contributed by atoms with Gasteiger partial charge in [-0.05, 0) is 56.4 Å². The Morgan fingerprint density at radius 1 is 1.34 bits per heavy atom. The predicted molar refractivity (Wildman–Crippen MR) is 123 cm³/mol. The lowest BCUT2D eigenvalue weighted by Crippen LogP contribution is -2.39. The Labute approximate surface area is 189 Å². The number of ether oxygens (including phenoxy) is 1. The Balaban J connectivity index is 1.51. The van der Waals surface area contributed by atoms with E-state index in [1.54, 1.807) is 12.2 Å². The van der Waals surface area contributed by atoms with Crippen molar-refractivity contribution in [3.05, 3.63) is 70.3 Å². The van der Waals surface area contributed by atoms with Crippen LogP contribution in [0.2, 0.25) is 0 Å². The number of ketones is 1. The van der Waals surface area contributed by atoms with Gasteiger partial charge in [0.15, 0.2) is 5.78 Å². The van der Waals surface area contributed by atoms with Crippen molar-refractivity contribution in [2.75, 3.05) is 13.1 Å².